The van der Waals surface area contributed by atoms with Crippen LogP contribution in [0.3, 0.4) is 0 Å². The highest BCUT2D eigenvalue weighted by Crippen LogP contribution is 2.20. The van der Waals surface area contributed by atoms with Gasteiger partial charge < -0.3 is 9.64 Å². The molecule has 132 valence electrons. The van der Waals surface area contributed by atoms with E-state index in [0.717, 1.165) is 11.1 Å². The molecule has 2 aromatic rings. The van der Waals surface area contributed by atoms with Gasteiger partial charge in [0.15, 0.2) is 0 Å². The van der Waals surface area contributed by atoms with Crippen LogP contribution in [0.5, 0.6) is 0 Å². The maximum Gasteiger partial charge on any atom is 0.253 e. The van der Waals surface area contributed by atoms with E-state index in [1.54, 1.807) is 17.0 Å². The predicted molar refractivity (Wildman–Crippen MR) is 94.8 cm³/mol. The molecule has 0 bridgehead atoms. The van der Waals surface area contributed by atoms with E-state index in [4.69, 9.17) is 4.74 Å². The van der Waals surface area contributed by atoms with E-state index in [1.807, 2.05) is 31.2 Å². The number of amides is 1. The van der Waals surface area contributed by atoms with E-state index in [2.05, 4.69) is 4.72 Å². The Kier molecular flexibility index (Phi) is 5.17. The second-order valence-electron chi connectivity index (χ2n) is 5.84. The van der Waals surface area contributed by atoms with Crippen LogP contribution < -0.4 is 9.62 Å². The molecule has 0 spiro atoms. The second kappa shape index (κ2) is 7.35. The van der Waals surface area contributed by atoms with Crippen molar-refractivity contribution in [1.29, 1.82) is 0 Å². The van der Waals surface area contributed by atoms with Crippen molar-refractivity contribution in [3.63, 3.8) is 0 Å². The van der Waals surface area contributed by atoms with Crippen LogP contribution in [-0.2, 0) is 26.1 Å². The van der Waals surface area contributed by atoms with E-state index in [1.165, 1.54) is 12.1 Å². The van der Waals surface area contributed by atoms with E-state index in [-0.39, 0.29) is 24.0 Å². The van der Waals surface area contributed by atoms with Gasteiger partial charge in [0.2, 0.25) is 10.0 Å². The first kappa shape index (κ1) is 17.6. The zero-order valence-electron chi connectivity index (χ0n) is 13.9. The van der Waals surface area contributed by atoms with Crippen LogP contribution in [0.25, 0.3) is 0 Å². The normalized spacial score (nSPS) is 15.4. The van der Waals surface area contributed by atoms with Gasteiger partial charge in [-0.15, -0.1) is 0 Å². The molecule has 3 rings (SSSR count). The third-order valence-electron chi connectivity index (χ3n) is 4.16. The number of sulfonamides is 1. The van der Waals surface area contributed by atoms with Crippen LogP contribution in [-0.4, -0.2) is 34.1 Å². The summed E-state index contributed by atoms with van der Waals surface area (Å²) in [6, 6.07) is 13.9. The fraction of sp³-hybridized carbons (Fsp3) is 0.278. The Bertz CT molecular complexity index is 863. The molecule has 7 heteroatoms. The number of hydrogen-bond acceptors (Lipinski definition) is 4. The Morgan fingerprint density at radius 2 is 1.84 bits per heavy atom. The van der Waals surface area contributed by atoms with Crippen LogP contribution in [0.4, 0.5) is 5.69 Å². The maximum absolute atomic E-state index is 12.5. The number of rotatable bonds is 5. The SMILES string of the molecule is Cc1ccccc1CNS(=O)(=O)c1ccc(N2CCOCC2=O)cc1. The van der Waals surface area contributed by atoms with Gasteiger partial charge in [-0.25, -0.2) is 13.1 Å². The van der Waals surface area contributed by atoms with Crippen LogP contribution in [0, 0.1) is 6.92 Å². The van der Waals surface area contributed by atoms with Crippen molar-refractivity contribution in [1.82, 2.24) is 4.72 Å². The molecule has 0 saturated carbocycles. The summed E-state index contributed by atoms with van der Waals surface area (Å²) in [4.78, 5) is 13.6. The standard InChI is InChI=1S/C18H20N2O4S/c1-14-4-2-3-5-15(14)12-19-25(22,23)17-8-6-16(7-9-17)20-10-11-24-13-18(20)21/h2-9,19H,10-13H2,1H3. The molecule has 0 atom stereocenters. The molecule has 1 saturated heterocycles. The maximum atomic E-state index is 12.5. The van der Waals surface area contributed by atoms with Crippen molar-refractivity contribution in [3.8, 4) is 0 Å². The molecule has 1 aliphatic rings. The molecule has 0 radical (unpaired) electrons. The molecular formula is C18H20N2O4S. The lowest BCUT2D eigenvalue weighted by atomic mass is 10.1. The summed E-state index contributed by atoms with van der Waals surface area (Å²) in [5.74, 6) is -0.125. The number of hydrogen-bond donors (Lipinski definition) is 1. The zero-order chi connectivity index (χ0) is 17.9. The average Bonchev–Trinajstić information content (AvgIpc) is 2.62. The van der Waals surface area contributed by atoms with Gasteiger partial charge in [-0.3, -0.25) is 4.79 Å². The smallest absolute Gasteiger partial charge is 0.253 e. The minimum absolute atomic E-state index is 0.0536. The van der Waals surface area contributed by atoms with Crippen molar-refractivity contribution >= 4 is 21.6 Å². The number of nitrogens with one attached hydrogen (secondary N) is 1. The molecule has 0 aliphatic carbocycles. The first-order valence-electron chi connectivity index (χ1n) is 8.00. The third kappa shape index (κ3) is 4.07. The lowest BCUT2D eigenvalue weighted by Gasteiger charge is -2.26. The van der Waals surface area contributed by atoms with E-state index < -0.39 is 10.0 Å². The quantitative estimate of drug-likeness (QED) is 0.883. The second-order valence-corrected chi connectivity index (χ2v) is 7.61. The number of benzene rings is 2. The predicted octanol–water partition coefficient (Wildman–Crippen LogP) is 1.84. The highest BCUT2D eigenvalue weighted by molar-refractivity contribution is 7.89. The zero-order valence-corrected chi connectivity index (χ0v) is 14.8. The summed E-state index contributed by atoms with van der Waals surface area (Å²) in [6.07, 6.45) is 0. The number of aryl methyl sites for hydroxylation is 1. The first-order valence-corrected chi connectivity index (χ1v) is 9.48. The topological polar surface area (TPSA) is 75.7 Å². The van der Waals surface area contributed by atoms with Gasteiger partial charge in [0, 0.05) is 18.8 Å². The van der Waals surface area contributed by atoms with Gasteiger partial charge in [0.25, 0.3) is 5.91 Å². The monoisotopic (exact) mass is 360 g/mol. The van der Waals surface area contributed by atoms with E-state index in [0.29, 0.717) is 18.8 Å². The molecule has 25 heavy (non-hydrogen) atoms. The summed E-state index contributed by atoms with van der Waals surface area (Å²) in [5, 5.41) is 0. The Morgan fingerprint density at radius 1 is 1.12 bits per heavy atom. The van der Waals surface area contributed by atoms with Gasteiger partial charge in [0.1, 0.15) is 6.61 Å². The third-order valence-corrected chi connectivity index (χ3v) is 5.58. The molecule has 2 aromatic carbocycles. The first-order chi connectivity index (χ1) is 12.0. The summed E-state index contributed by atoms with van der Waals surface area (Å²) in [6.45, 7) is 3.18. The Hall–Kier alpha value is -2.22. The van der Waals surface area contributed by atoms with Crippen molar-refractivity contribution < 1.29 is 17.9 Å². The molecule has 0 aromatic heterocycles. The van der Waals surface area contributed by atoms with Gasteiger partial charge >= 0.3 is 0 Å². The van der Waals surface area contributed by atoms with Crippen LogP contribution >= 0.6 is 0 Å². The molecule has 0 unspecified atom stereocenters. The molecule has 1 N–H and O–H groups in total. The molecule has 1 amide bonds. The average molecular weight is 360 g/mol. The molecular weight excluding hydrogens is 340 g/mol. The number of ether oxygens (including phenoxy) is 1. The summed E-state index contributed by atoms with van der Waals surface area (Å²) in [5.41, 5.74) is 2.64. The lowest BCUT2D eigenvalue weighted by Crippen LogP contribution is -2.41. The van der Waals surface area contributed by atoms with Gasteiger partial charge in [-0.2, -0.15) is 0 Å². The lowest BCUT2D eigenvalue weighted by molar-refractivity contribution is -0.125. The van der Waals surface area contributed by atoms with Crippen LogP contribution in [0.15, 0.2) is 53.4 Å². The minimum Gasteiger partial charge on any atom is -0.370 e. The molecule has 1 heterocycles. The highest BCUT2D eigenvalue weighted by Gasteiger charge is 2.21. The van der Waals surface area contributed by atoms with Gasteiger partial charge in [0.05, 0.1) is 11.5 Å². The summed E-state index contributed by atoms with van der Waals surface area (Å²) >= 11 is 0. The molecule has 1 fully saturated rings. The Labute approximate surface area is 147 Å². The summed E-state index contributed by atoms with van der Waals surface area (Å²) < 4.78 is 32.6. The summed E-state index contributed by atoms with van der Waals surface area (Å²) in [7, 11) is -3.61. The van der Waals surface area contributed by atoms with E-state index >= 15 is 0 Å². The number of carbonyl (C=O) groups excluding carboxylic acids is 1. The Balaban J connectivity index is 1.72. The van der Waals surface area contributed by atoms with Gasteiger partial charge in [-0.05, 0) is 42.3 Å². The molecule has 1 aliphatic heterocycles. The van der Waals surface area contributed by atoms with Gasteiger partial charge in [-0.1, -0.05) is 24.3 Å². The van der Waals surface area contributed by atoms with Crippen molar-refractivity contribution in [2.45, 2.75) is 18.4 Å². The van der Waals surface area contributed by atoms with Crippen LogP contribution in [0.2, 0.25) is 0 Å². The minimum atomic E-state index is -3.61. The largest absolute Gasteiger partial charge is 0.370 e. The Morgan fingerprint density at radius 3 is 2.52 bits per heavy atom. The van der Waals surface area contributed by atoms with E-state index in [9.17, 15) is 13.2 Å². The fourth-order valence-corrected chi connectivity index (χ4v) is 3.67. The fourth-order valence-electron chi connectivity index (χ4n) is 2.66. The number of morpholine rings is 1. The van der Waals surface area contributed by atoms with Crippen molar-refractivity contribution in [2.24, 2.45) is 0 Å². The van der Waals surface area contributed by atoms with Crippen molar-refractivity contribution in [2.75, 3.05) is 24.7 Å². The molecule has 6 nitrogen and oxygen atoms in total. The highest BCUT2D eigenvalue weighted by atomic mass is 32.2. The van der Waals surface area contributed by atoms with Crippen LogP contribution in [0.1, 0.15) is 11.1 Å². The van der Waals surface area contributed by atoms with Crippen molar-refractivity contribution in [3.05, 3.63) is 59.7 Å². The number of nitrogens with zero attached hydrogens (tertiary/aromatic N) is 1. The number of anilines is 1. The number of carbonyl (C=O) groups is 1.